The Morgan fingerprint density at radius 2 is 2.00 bits per heavy atom. The summed E-state index contributed by atoms with van der Waals surface area (Å²) >= 11 is 0. The Morgan fingerprint density at radius 3 is 2.64 bits per heavy atom. The summed E-state index contributed by atoms with van der Waals surface area (Å²) < 4.78 is 2.04. The fourth-order valence-electron chi connectivity index (χ4n) is 3.54. The summed E-state index contributed by atoms with van der Waals surface area (Å²) in [7, 11) is 0. The maximum atomic E-state index is 11.6. The van der Waals surface area contributed by atoms with Gasteiger partial charge in [-0.2, -0.15) is 5.10 Å². The van der Waals surface area contributed by atoms with Crippen molar-refractivity contribution in [1.29, 1.82) is 0 Å². The molecule has 1 atom stereocenters. The first-order chi connectivity index (χ1) is 10.4. The molecule has 0 saturated carbocycles. The summed E-state index contributed by atoms with van der Waals surface area (Å²) in [5, 5.41) is 7.86. The Bertz CT molecular complexity index is 701. The number of nitrogens with zero attached hydrogens (tertiary/aromatic N) is 2. The van der Waals surface area contributed by atoms with E-state index in [9.17, 15) is 4.79 Å². The van der Waals surface area contributed by atoms with Crippen LogP contribution in [0.4, 0.5) is 0 Å². The Balaban J connectivity index is 2.13. The van der Waals surface area contributed by atoms with Gasteiger partial charge in [-0.3, -0.25) is 4.79 Å². The summed E-state index contributed by atoms with van der Waals surface area (Å²) in [6.45, 7) is 8.12. The van der Waals surface area contributed by atoms with E-state index in [0.717, 1.165) is 24.2 Å². The average molecular weight is 297 g/mol. The lowest BCUT2D eigenvalue weighted by atomic mass is 9.73. The van der Waals surface area contributed by atoms with Crippen LogP contribution in [0.25, 0.3) is 5.69 Å². The van der Waals surface area contributed by atoms with Crippen LogP contribution in [-0.4, -0.2) is 15.7 Å². The first-order valence-electron chi connectivity index (χ1n) is 7.78. The van der Waals surface area contributed by atoms with E-state index in [4.69, 9.17) is 5.10 Å². The molecule has 1 aliphatic carbocycles. The highest BCUT2D eigenvalue weighted by atomic mass is 16.1. The van der Waals surface area contributed by atoms with Crippen LogP contribution in [0.3, 0.4) is 0 Å². The van der Waals surface area contributed by atoms with Crippen LogP contribution in [0.2, 0.25) is 0 Å². The molecule has 0 spiro atoms. The maximum absolute atomic E-state index is 11.6. The van der Waals surface area contributed by atoms with Gasteiger partial charge < -0.3 is 5.32 Å². The van der Waals surface area contributed by atoms with E-state index >= 15 is 0 Å². The monoisotopic (exact) mass is 297 g/mol. The first-order valence-corrected chi connectivity index (χ1v) is 7.78. The first kappa shape index (κ1) is 14.8. The zero-order chi connectivity index (χ0) is 15.9. The number of amides is 1. The zero-order valence-corrected chi connectivity index (χ0v) is 13.7. The lowest BCUT2D eigenvalue weighted by molar-refractivity contribution is -0.120. The van der Waals surface area contributed by atoms with Gasteiger partial charge in [0, 0.05) is 12.5 Å². The smallest absolute Gasteiger partial charge is 0.217 e. The van der Waals surface area contributed by atoms with E-state index in [-0.39, 0.29) is 17.4 Å². The number of carbonyl (C=O) groups is 1. The van der Waals surface area contributed by atoms with E-state index in [1.807, 2.05) is 29.8 Å². The molecule has 0 bridgehead atoms. The van der Waals surface area contributed by atoms with Crippen molar-refractivity contribution in [2.45, 2.75) is 46.6 Å². The number of nitrogens with one attached hydrogen (secondary N) is 1. The molecule has 4 nitrogen and oxygen atoms in total. The predicted octanol–water partition coefficient (Wildman–Crippen LogP) is 3.33. The second-order valence-corrected chi connectivity index (χ2v) is 6.99. The highest BCUT2D eigenvalue weighted by Gasteiger charge is 2.37. The van der Waals surface area contributed by atoms with Crippen LogP contribution in [0.15, 0.2) is 30.3 Å². The molecule has 1 heterocycles. The molecule has 1 aromatic heterocycles. The summed E-state index contributed by atoms with van der Waals surface area (Å²) in [5.41, 5.74) is 4.63. The lowest BCUT2D eigenvalue weighted by Gasteiger charge is -2.36. The molecule has 0 saturated heterocycles. The van der Waals surface area contributed by atoms with Crippen molar-refractivity contribution in [2.24, 2.45) is 5.41 Å². The van der Waals surface area contributed by atoms with Crippen LogP contribution in [-0.2, 0) is 11.2 Å². The zero-order valence-electron chi connectivity index (χ0n) is 13.7. The van der Waals surface area contributed by atoms with Gasteiger partial charge in [0.05, 0.1) is 23.1 Å². The van der Waals surface area contributed by atoms with Crippen LogP contribution in [0.1, 0.15) is 50.2 Å². The minimum atomic E-state index is 0.0144. The van der Waals surface area contributed by atoms with E-state index < -0.39 is 0 Å². The molecule has 0 fully saturated rings. The van der Waals surface area contributed by atoms with Gasteiger partial charge in [-0.1, -0.05) is 32.0 Å². The number of para-hydroxylation sites is 1. The third-order valence-electron chi connectivity index (χ3n) is 4.34. The molecule has 0 radical (unpaired) electrons. The number of benzene rings is 1. The van der Waals surface area contributed by atoms with Gasteiger partial charge in [0.25, 0.3) is 0 Å². The second kappa shape index (κ2) is 5.27. The third kappa shape index (κ3) is 2.65. The third-order valence-corrected chi connectivity index (χ3v) is 4.34. The van der Waals surface area contributed by atoms with E-state index in [2.05, 4.69) is 31.3 Å². The Morgan fingerprint density at radius 1 is 1.32 bits per heavy atom. The molecule has 1 amide bonds. The van der Waals surface area contributed by atoms with Crippen molar-refractivity contribution in [3.8, 4) is 5.69 Å². The van der Waals surface area contributed by atoms with Crippen LogP contribution in [0.5, 0.6) is 0 Å². The summed E-state index contributed by atoms with van der Waals surface area (Å²) in [5.74, 6) is 0.0144. The standard InChI is InChI=1S/C18H23N3O/c1-12-17-15(19-13(2)22)10-18(3,4)11-16(17)21(20-12)14-8-6-5-7-9-14/h5-9,15H,10-11H2,1-4H3,(H,19,22)/t15-/m1/s1. The molecule has 4 heteroatoms. The van der Waals surface area contributed by atoms with E-state index in [1.54, 1.807) is 6.92 Å². The van der Waals surface area contributed by atoms with E-state index in [1.165, 1.54) is 11.3 Å². The van der Waals surface area contributed by atoms with Gasteiger partial charge in [-0.15, -0.1) is 0 Å². The molecule has 2 aromatic rings. The SMILES string of the molecule is CC(=O)N[C@@H]1CC(C)(C)Cc2c1c(C)nn2-c1ccccc1. The minimum absolute atomic E-state index is 0.0144. The van der Waals surface area contributed by atoms with Crippen LogP contribution in [0, 0.1) is 12.3 Å². The molecule has 1 N–H and O–H groups in total. The number of hydrogen-bond acceptors (Lipinski definition) is 2. The molecule has 1 aliphatic rings. The number of rotatable bonds is 2. The quantitative estimate of drug-likeness (QED) is 0.924. The molecule has 1 aromatic carbocycles. The van der Waals surface area contributed by atoms with Gasteiger partial charge in [-0.25, -0.2) is 4.68 Å². The fourth-order valence-corrected chi connectivity index (χ4v) is 3.54. The molecular formula is C18H23N3O. The van der Waals surface area contributed by atoms with Crippen molar-refractivity contribution < 1.29 is 4.79 Å². The summed E-state index contributed by atoms with van der Waals surface area (Å²) in [6, 6.07) is 10.3. The number of carbonyl (C=O) groups excluding carboxylic acids is 1. The van der Waals surface area contributed by atoms with Crippen molar-refractivity contribution in [3.63, 3.8) is 0 Å². The second-order valence-electron chi connectivity index (χ2n) is 6.99. The van der Waals surface area contributed by atoms with Gasteiger partial charge >= 0.3 is 0 Å². The summed E-state index contributed by atoms with van der Waals surface area (Å²) in [6.07, 6.45) is 1.91. The molecule has 0 aliphatic heterocycles. The minimum Gasteiger partial charge on any atom is -0.349 e. The average Bonchev–Trinajstić information content (AvgIpc) is 2.74. The number of aromatic nitrogens is 2. The largest absolute Gasteiger partial charge is 0.349 e. The molecule has 22 heavy (non-hydrogen) atoms. The molecular weight excluding hydrogens is 274 g/mol. The van der Waals surface area contributed by atoms with Gasteiger partial charge in [0.2, 0.25) is 5.91 Å². The Labute approximate surface area is 131 Å². The highest BCUT2D eigenvalue weighted by molar-refractivity contribution is 5.73. The number of fused-ring (bicyclic) bond motifs is 1. The van der Waals surface area contributed by atoms with Crippen LogP contribution >= 0.6 is 0 Å². The predicted molar refractivity (Wildman–Crippen MR) is 87.0 cm³/mol. The molecule has 3 rings (SSSR count). The molecule has 116 valence electrons. The molecule has 0 unspecified atom stereocenters. The van der Waals surface area contributed by atoms with E-state index in [0.29, 0.717) is 0 Å². The van der Waals surface area contributed by atoms with Crippen molar-refractivity contribution >= 4 is 5.91 Å². The highest BCUT2D eigenvalue weighted by Crippen LogP contribution is 2.42. The normalized spacial score (nSPS) is 19.5. The van der Waals surface area contributed by atoms with Crippen molar-refractivity contribution in [2.75, 3.05) is 0 Å². The van der Waals surface area contributed by atoms with Gasteiger partial charge in [0.1, 0.15) is 0 Å². The number of hydrogen-bond donors (Lipinski definition) is 1. The van der Waals surface area contributed by atoms with Crippen molar-refractivity contribution in [3.05, 3.63) is 47.3 Å². The Hall–Kier alpha value is -2.10. The van der Waals surface area contributed by atoms with Crippen LogP contribution < -0.4 is 5.32 Å². The fraction of sp³-hybridized carbons (Fsp3) is 0.444. The van der Waals surface area contributed by atoms with Gasteiger partial charge in [-0.05, 0) is 37.3 Å². The summed E-state index contributed by atoms with van der Waals surface area (Å²) in [4.78, 5) is 11.6. The Kier molecular flexibility index (Phi) is 3.55. The van der Waals surface area contributed by atoms with Crippen molar-refractivity contribution in [1.82, 2.24) is 15.1 Å². The van der Waals surface area contributed by atoms with Gasteiger partial charge in [0.15, 0.2) is 0 Å². The topological polar surface area (TPSA) is 46.9 Å². The number of aryl methyl sites for hydroxylation is 1. The maximum Gasteiger partial charge on any atom is 0.217 e. The lowest BCUT2D eigenvalue weighted by Crippen LogP contribution is -2.36.